The lowest BCUT2D eigenvalue weighted by Gasteiger charge is -2.21. The van der Waals surface area contributed by atoms with Gasteiger partial charge in [0.15, 0.2) is 0 Å². The average Bonchev–Trinajstić information content (AvgIpc) is 2.30. The van der Waals surface area contributed by atoms with E-state index in [0.717, 1.165) is 0 Å². The number of pyridine rings is 1. The van der Waals surface area contributed by atoms with Gasteiger partial charge >= 0.3 is 5.97 Å². The SMILES string of the molecule is COC(C)(C)CC(=O)Nc1ccc(CC(=O)O)nc1. The van der Waals surface area contributed by atoms with Crippen molar-refractivity contribution in [3.63, 3.8) is 0 Å². The molecule has 0 bridgehead atoms. The molecule has 0 aromatic carbocycles. The maximum absolute atomic E-state index is 11.7. The van der Waals surface area contributed by atoms with Gasteiger partial charge in [0, 0.05) is 7.11 Å². The highest BCUT2D eigenvalue weighted by Crippen LogP contribution is 2.15. The van der Waals surface area contributed by atoms with Gasteiger partial charge in [-0.15, -0.1) is 0 Å². The number of hydrogen-bond donors (Lipinski definition) is 2. The molecule has 0 aliphatic rings. The third kappa shape index (κ3) is 5.48. The number of nitrogens with one attached hydrogen (secondary N) is 1. The molecule has 19 heavy (non-hydrogen) atoms. The summed E-state index contributed by atoms with van der Waals surface area (Å²) in [6.45, 7) is 3.64. The van der Waals surface area contributed by atoms with Crippen LogP contribution in [-0.2, 0) is 20.7 Å². The Morgan fingerprint density at radius 3 is 2.58 bits per heavy atom. The molecule has 0 radical (unpaired) electrons. The highest BCUT2D eigenvalue weighted by molar-refractivity contribution is 5.91. The molecule has 1 amide bonds. The number of carbonyl (C=O) groups excluding carboxylic acids is 1. The molecule has 0 saturated heterocycles. The number of methoxy groups -OCH3 is 1. The highest BCUT2D eigenvalue weighted by Gasteiger charge is 2.21. The zero-order valence-corrected chi connectivity index (χ0v) is 11.3. The van der Waals surface area contributed by atoms with E-state index in [9.17, 15) is 9.59 Å². The van der Waals surface area contributed by atoms with Gasteiger partial charge in [0.2, 0.25) is 5.91 Å². The summed E-state index contributed by atoms with van der Waals surface area (Å²) in [6.07, 6.45) is 1.53. The summed E-state index contributed by atoms with van der Waals surface area (Å²) in [5.41, 5.74) is 0.453. The van der Waals surface area contributed by atoms with Crippen molar-refractivity contribution in [3.8, 4) is 0 Å². The summed E-state index contributed by atoms with van der Waals surface area (Å²) in [7, 11) is 1.55. The monoisotopic (exact) mass is 266 g/mol. The molecule has 0 atom stereocenters. The Morgan fingerprint density at radius 2 is 2.11 bits per heavy atom. The molecule has 104 valence electrons. The lowest BCUT2D eigenvalue weighted by molar-refractivity contribution is -0.136. The molecule has 0 unspecified atom stereocenters. The number of aromatic nitrogens is 1. The van der Waals surface area contributed by atoms with Crippen molar-refractivity contribution in [2.75, 3.05) is 12.4 Å². The Kier molecular flexibility index (Phi) is 5.00. The molecular weight excluding hydrogens is 248 g/mol. The fourth-order valence-electron chi connectivity index (χ4n) is 1.42. The summed E-state index contributed by atoms with van der Waals surface area (Å²) in [4.78, 5) is 26.2. The van der Waals surface area contributed by atoms with E-state index >= 15 is 0 Å². The summed E-state index contributed by atoms with van der Waals surface area (Å²) >= 11 is 0. The highest BCUT2D eigenvalue weighted by atomic mass is 16.5. The minimum atomic E-state index is -0.939. The van der Waals surface area contributed by atoms with Crippen molar-refractivity contribution in [1.82, 2.24) is 4.98 Å². The Labute approximate surface area is 111 Å². The van der Waals surface area contributed by atoms with Crippen molar-refractivity contribution in [2.24, 2.45) is 0 Å². The Morgan fingerprint density at radius 1 is 1.42 bits per heavy atom. The summed E-state index contributed by atoms with van der Waals surface area (Å²) in [6, 6.07) is 3.20. The lowest BCUT2D eigenvalue weighted by atomic mass is 10.0. The molecule has 0 aliphatic carbocycles. The first-order valence-electron chi connectivity index (χ1n) is 5.84. The standard InChI is InChI=1S/C13H18N2O4/c1-13(2,19-3)7-11(16)15-10-5-4-9(14-8-10)6-12(17)18/h4-5,8H,6-7H2,1-3H3,(H,15,16)(H,17,18). The molecule has 1 aromatic heterocycles. The topological polar surface area (TPSA) is 88.5 Å². The van der Waals surface area contributed by atoms with Crippen molar-refractivity contribution >= 4 is 17.6 Å². The first-order chi connectivity index (χ1) is 8.82. The number of amides is 1. The predicted molar refractivity (Wildman–Crippen MR) is 69.9 cm³/mol. The van der Waals surface area contributed by atoms with Gasteiger partial charge in [-0.1, -0.05) is 0 Å². The van der Waals surface area contributed by atoms with Crippen LogP contribution in [0.2, 0.25) is 0 Å². The zero-order chi connectivity index (χ0) is 14.5. The second-order valence-corrected chi connectivity index (χ2v) is 4.80. The van der Waals surface area contributed by atoms with Gasteiger partial charge in [0.05, 0.1) is 36.0 Å². The number of aliphatic carboxylic acids is 1. The summed E-state index contributed by atoms with van der Waals surface area (Å²) in [5, 5.41) is 11.3. The van der Waals surface area contributed by atoms with Gasteiger partial charge in [0.25, 0.3) is 0 Å². The van der Waals surface area contributed by atoms with E-state index in [1.807, 2.05) is 13.8 Å². The maximum atomic E-state index is 11.7. The van der Waals surface area contributed by atoms with Gasteiger partial charge in [0.1, 0.15) is 0 Å². The number of anilines is 1. The van der Waals surface area contributed by atoms with Crippen LogP contribution in [0.1, 0.15) is 26.0 Å². The third-order valence-corrected chi connectivity index (χ3v) is 2.58. The molecule has 1 rings (SSSR count). The van der Waals surface area contributed by atoms with Crippen LogP contribution in [0.4, 0.5) is 5.69 Å². The summed E-state index contributed by atoms with van der Waals surface area (Å²) < 4.78 is 5.17. The summed E-state index contributed by atoms with van der Waals surface area (Å²) in [5.74, 6) is -1.12. The predicted octanol–water partition coefficient (Wildman–Crippen LogP) is 1.46. The van der Waals surface area contributed by atoms with Crippen LogP contribution in [0.3, 0.4) is 0 Å². The van der Waals surface area contributed by atoms with E-state index < -0.39 is 11.6 Å². The van der Waals surface area contributed by atoms with Crippen molar-refractivity contribution in [2.45, 2.75) is 32.3 Å². The fraction of sp³-hybridized carbons (Fsp3) is 0.462. The number of hydrogen-bond acceptors (Lipinski definition) is 4. The Bertz CT molecular complexity index is 454. The smallest absolute Gasteiger partial charge is 0.309 e. The zero-order valence-electron chi connectivity index (χ0n) is 11.3. The molecule has 0 aliphatic heterocycles. The first kappa shape index (κ1) is 15.1. The Balaban J connectivity index is 2.58. The van der Waals surface area contributed by atoms with Crippen LogP contribution in [0, 0.1) is 0 Å². The van der Waals surface area contributed by atoms with E-state index in [1.165, 1.54) is 6.20 Å². The van der Waals surface area contributed by atoms with E-state index in [-0.39, 0.29) is 18.7 Å². The normalized spacial score (nSPS) is 11.1. The number of carboxylic acid groups (broad SMARTS) is 1. The van der Waals surface area contributed by atoms with E-state index in [0.29, 0.717) is 11.4 Å². The van der Waals surface area contributed by atoms with Crippen LogP contribution >= 0.6 is 0 Å². The minimum Gasteiger partial charge on any atom is -0.481 e. The van der Waals surface area contributed by atoms with Crippen LogP contribution < -0.4 is 5.32 Å². The van der Waals surface area contributed by atoms with E-state index in [1.54, 1.807) is 19.2 Å². The molecule has 0 fully saturated rings. The molecule has 6 nitrogen and oxygen atoms in total. The largest absolute Gasteiger partial charge is 0.481 e. The molecule has 2 N–H and O–H groups in total. The van der Waals surface area contributed by atoms with Gasteiger partial charge < -0.3 is 15.2 Å². The molecule has 1 aromatic rings. The fourth-order valence-corrected chi connectivity index (χ4v) is 1.42. The lowest BCUT2D eigenvalue weighted by Crippen LogP contribution is -2.29. The molecule has 1 heterocycles. The molecule has 0 saturated carbocycles. The number of carbonyl (C=O) groups is 2. The Hall–Kier alpha value is -1.95. The van der Waals surface area contributed by atoms with Gasteiger partial charge in [-0.05, 0) is 26.0 Å². The second kappa shape index (κ2) is 6.29. The first-order valence-corrected chi connectivity index (χ1v) is 5.84. The van der Waals surface area contributed by atoms with Crippen LogP contribution in [0.5, 0.6) is 0 Å². The van der Waals surface area contributed by atoms with E-state index in [2.05, 4.69) is 10.3 Å². The second-order valence-electron chi connectivity index (χ2n) is 4.80. The van der Waals surface area contributed by atoms with Gasteiger partial charge in [-0.25, -0.2) is 0 Å². The number of ether oxygens (including phenoxy) is 1. The maximum Gasteiger partial charge on any atom is 0.309 e. The minimum absolute atomic E-state index is 0.134. The number of nitrogens with zero attached hydrogens (tertiary/aromatic N) is 1. The quantitative estimate of drug-likeness (QED) is 0.813. The van der Waals surface area contributed by atoms with E-state index in [4.69, 9.17) is 9.84 Å². The average molecular weight is 266 g/mol. The van der Waals surface area contributed by atoms with Gasteiger partial charge in [-0.3, -0.25) is 14.6 Å². The number of rotatable bonds is 6. The van der Waals surface area contributed by atoms with Crippen LogP contribution in [0.15, 0.2) is 18.3 Å². The molecule has 6 heteroatoms. The van der Waals surface area contributed by atoms with Crippen LogP contribution in [-0.4, -0.2) is 34.7 Å². The molecule has 0 spiro atoms. The van der Waals surface area contributed by atoms with Crippen molar-refractivity contribution in [1.29, 1.82) is 0 Å². The third-order valence-electron chi connectivity index (χ3n) is 2.58. The van der Waals surface area contributed by atoms with Gasteiger partial charge in [-0.2, -0.15) is 0 Å². The van der Waals surface area contributed by atoms with Crippen LogP contribution in [0.25, 0.3) is 0 Å². The number of carboxylic acids is 1. The van der Waals surface area contributed by atoms with Crippen molar-refractivity contribution in [3.05, 3.63) is 24.0 Å². The molecular formula is C13H18N2O4. The van der Waals surface area contributed by atoms with Crippen molar-refractivity contribution < 1.29 is 19.4 Å².